The Labute approximate surface area is 198 Å². The van der Waals surface area contributed by atoms with Crippen molar-refractivity contribution in [3.8, 4) is 0 Å². The van der Waals surface area contributed by atoms with Gasteiger partial charge in [-0.1, -0.05) is 6.08 Å². The van der Waals surface area contributed by atoms with Gasteiger partial charge in [-0.15, -0.1) is 0 Å². The summed E-state index contributed by atoms with van der Waals surface area (Å²) in [6.45, 7) is 4.85. The maximum atomic E-state index is 12.4. The second-order valence-electron chi connectivity index (χ2n) is 8.72. The molecule has 3 aliphatic rings. The first kappa shape index (κ1) is 22.1. The molecule has 0 radical (unpaired) electrons. The van der Waals surface area contributed by atoms with Gasteiger partial charge >= 0.3 is 0 Å². The lowest BCUT2D eigenvalue weighted by molar-refractivity contribution is -0.122. The second kappa shape index (κ2) is 9.64. The first-order chi connectivity index (χ1) is 16.6. The molecule has 0 aromatic carbocycles. The zero-order valence-corrected chi connectivity index (χ0v) is 19.0. The molecule has 1 amide bonds. The predicted octanol–water partition coefficient (Wildman–Crippen LogP) is 2.85. The molecule has 4 heterocycles. The molecule has 2 bridgehead atoms. The number of carbonyl (C=O) groups excluding carboxylic acids is 1. The summed E-state index contributed by atoms with van der Waals surface area (Å²) in [6, 6.07) is 4.23. The number of aromatic amines is 1. The minimum Gasteiger partial charge on any atom is -0.382 e. The van der Waals surface area contributed by atoms with Crippen molar-refractivity contribution in [3.63, 3.8) is 0 Å². The molecule has 2 aromatic rings. The van der Waals surface area contributed by atoms with E-state index in [2.05, 4.69) is 49.0 Å². The summed E-state index contributed by atoms with van der Waals surface area (Å²) >= 11 is 0. The van der Waals surface area contributed by atoms with Gasteiger partial charge in [0.15, 0.2) is 0 Å². The van der Waals surface area contributed by atoms with Gasteiger partial charge in [-0.25, -0.2) is 9.98 Å². The summed E-state index contributed by atoms with van der Waals surface area (Å²) in [5.41, 5.74) is 10.4. The highest BCUT2D eigenvalue weighted by molar-refractivity contribution is 6.05. The third-order valence-electron chi connectivity index (χ3n) is 6.48. The Morgan fingerprint density at radius 2 is 2.24 bits per heavy atom. The first-order valence-electron chi connectivity index (χ1n) is 11.6. The van der Waals surface area contributed by atoms with Crippen molar-refractivity contribution in [1.29, 1.82) is 0 Å². The average molecular weight is 460 g/mol. The monoisotopic (exact) mass is 459 g/mol. The number of amidine groups is 1. The van der Waals surface area contributed by atoms with E-state index in [0.29, 0.717) is 36.9 Å². The van der Waals surface area contributed by atoms with Crippen molar-refractivity contribution in [1.82, 2.24) is 20.2 Å². The van der Waals surface area contributed by atoms with Crippen molar-refractivity contribution in [2.75, 3.05) is 13.2 Å². The van der Waals surface area contributed by atoms with Crippen molar-refractivity contribution in [2.24, 2.45) is 15.7 Å². The number of allylic oxidation sites excluding steroid dienone is 1. The van der Waals surface area contributed by atoms with Gasteiger partial charge in [-0.05, 0) is 50.6 Å². The number of aliphatic imine (C=N–C) groups is 2. The van der Waals surface area contributed by atoms with Gasteiger partial charge in [0.1, 0.15) is 17.2 Å². The summed E-state index contributed by atoms with van der Waals surface area (Å²) in [6.07, 6.45) is 13.3. The summed E-state index contributed by atoms with van der Waals surface area (Å²) < 4.78 is 5.61. The second-order valence-corrected chi connectivity index (χ2v) is 8.72. The molecule has 2 aromatic heterocycles. The molecule has 0 spiro atoms. The largest absolute Gasteiger partial charge is 0.382 e. The van der Waals surface area contributed by atoms with E-state index >= 15 is 0 Å². The van der Waals surface area contributed by atoms with Crippen molar-refractivity contribution < 1.29 is 9.53 Å². The van der Waals surface area contributed by atoms with Gasteiger partial charge in [0.2, 0.25) is 5.91 Å². The highest BCUT2D eigenvalue weighted by Crippen LogP contribution is 2.36. The van der Waals surface area contributed by atoms with Crippen LogP contribution in [0.15, 0.2) is 64.3 Å². The number of carbonyl (C=O) groups is 1. The molecule has 176 valence electrons. The molecule has 1 fully saturated rings. The molecular formula is C25H29N7O2. The fourth-order valence-electron chi connectivity index (χ4n) is 4.88. The van der Waals surface area contributed by atoms with Crippen LogP contribution in [0, 0.1) is 0 Å². The quantitative estimate of drug-likeness (QED) is 0.597. The molecule has 0 saturated heterocycles. The summed E-state index contributed by atoms with van der Waals surface area (Å²) in [7, 11) is 0. The fraction of sp³-hybridized carbons (Fsp3) is 0.360. The summed E-state index contributed by atoms with van der Waals surface area (Å²) in [5.74, 6) is 0.412. The number of pyridine rings is 1. The van der Waals surface area contributed by atoms with Crippen LogP contribution < -0.4 is 11.1 Å². The molecular weight excluding hydrogens is 430 g/mol. The lowest BCUT2D eigenvalue weighted by atomic mass is 10.0. The minimum absolute atomic E-state index is 0.0313. The standard InChI is InChI=1S/C25H29N7O2/c1-27-22(17-12-16-7-9-28-25(16)30-14-17)23-24(26)29-15-20-4-2-3-10-34-11-8-21(33)31-18-5-6-19(13-18)32(20)23/h2,4,7,9,12,14-15,18-19H,1,3,5-6,8,10-11,13H2,(H2,26,29)(H,28,30)(H,31,33)/b4-2+,23-22-/t18-,19-/m1/s1. The summed E-state index contributed by atoms with van der Waals surface area (Å²) in [5, 5.41) is 4.14. The van der Waals surface area contributed by atoms with Crippen LogP contribution in [0.5, 0.6) is 0 Å². The van der Waals surface area contributed by atoms with Gasteiger partial charge in [0.05, 0.1) is 30.8 Å². The highest BCUT2D eigenvalue weighted by atomic mass is 16.5. The molecule has 9 heteroatoms. The van der Waals surface area contributed by atoms with Crippen LogP contribution >= 0.6 is 0 Å². The third kappa shape index (κ3) is 4.38. The molecule has 4 N–H and O–H groups in total. The number of H-pyrrole nitrogens is 1. The van der Waals surface area contributed by atoms with Crippen molar-refractivity contribution in [3.05, 3.63) is 59.8 Å². The molecule has 0 unspecified atom stereocenters. The number of nitrogens with zero attached hydrogens (tertiary/aromatic N) is 4. The lowest BCUT2D eigenvalue weighted by Gasteiger charge is -2.36. The number of fused-ring (bicyclic) bond motifs is 5. The van der Waals surface area contributed by atoms with Crippen molar-refractivity contribution >= 4 is 35.2 Å². The molecule has 5 rings (SSSR count). The van der Waals surface area contributed by atoms with Crippen LogP contribution in [0.3, 0.4) is 0 Å². The smallest absolute Gasteiger partial charge is 0.222 e. The van der Waals surface area contributed by atoms with E-state index in [0.717, 1.165) is 48.0 Å². The maximum Gasteiger partial charge on any atom is 0.222 e. The topological polar surface area (TPSA) is 121 Å². The predicted molar refractivity (Wildman–Crippen MR) is 133 cm³/mol. The Bertz CT molecular complexity index is 1220. The van der Waals surface area contributed by atoms with Crippen molar-refractivity contribution in [2.45, 2.75) is 44.2 Å². The van der Waals surface area contributed by atoms with Crippen LogP contribution in [0.1, 0.15) is 37.7 Å². The van der Waals surface area contributed by atoms with Crippen LogP contribution in [0.25, 0.3) is 16.7 Å². The van der Waals surface area contributed by atoms with E-state index in [-0.39, 0.29) is 18.0 Å². The first-order valence-corrected chi connectivity index (χ1v) is 11.6. The van der Waals surface area contributed by atoms with Crippen LogP contribution in [-0.2, 0) is 9.53 Å². The van der Waals surface area contributed by atoms with E-state index in [9.17, 15) is 4.79 Å². The Kier molecular flexibility index (Phi) is 6.27. The van der Waals surface area contributed by atoms with E-state index < -0.39 is 0 Å². The molecule has 34 heavy (non-hydrogen) atoms. The Morgan fingerprint density at radius 1 is 1.32 bits per heavy atom. The SMILES string of the molecule is C=N/C(=C1/C(N)=NC=C2/C=C/CCOCCC(=O)N[C@@H]3CC[C@H](C3)N21)c1cnc2[nH]ccc2c1. The Morgan fingerprint density at radius 3 is 3.12 bits per heavy atom. The molecule has 1 aliphatic carbocycles. The number of aromatic nitrogens is 2. The number of amides is 1. The van der Waals surface area contributed by atoms with Gasteiger partial charge in [-0.2, -0.15) is 0 Å². The maximum absolute atomic E-state index is 12.4. The normalized spacial score (nSPS) is 26.1. The number of hydrogen-bond acceptors (Lipinski definition) is 7. The molecule has 2 aliphatic heterocycles. The zero-order valence-electron chi connectivity index (χ0n) is 19.0. The molecule has 1 saturated carbocycles. The number of hydrogen-bond donors (Lipinski definition) is 3. The Balaban J connectivity index is 1.59. The Hall–Kier alpha value is -3.72. The van der Waals surface area contributed by atoms with Crippen LogP contribution in [0.4, 0.5) is 0 Å². The van der Waals surface area contributed by atoms with Gasteiger partial charge in [-0.3, -0.25) is 9.79 Å². The van der Waals surface area contributed by atoms with Crippen LogP contribution in [0.2, 0.25) is 0 Å². The molecule has 2 atom stereocenters. The van der Waals surface area contributed by atoms with Crippen LogP contribution in [-0.4, -0.2) is 58.6 Å². The van der Waals surface area contributed by atoms with Gasteiger partial charge in [0.25, 0.3) is 0 Å². The average Bonchev–Trinajstić information content (AvgIpc) is 3.49. The molecule has 9 nitrogen and oxygen atoms in total. The fourth-order valence-corrected chi connectivity index (χ4v) is 4.88. The highest BCUT2D eigenvalue weighted by Gasteiger charge is 2.36. The lowest BCUT2D eigenvalue weighted by Crippen LogP contribution is -2.41. The zero-order chi connectivity index (χ0) is 23.5. The van der Waals surface area contributed by atoms with Gasteiger partial charge in [0, 0.05) is 41.8 Å². The number of nitrogens with one attached hydrogen (secondary N) is 2. The van der Waals surface area contributed by atoms with E-state index in [4.69, 9.17) is 10.5 Å². The summed E-state index contributed by atoms with van der Waals surface area (Å²) in [4.78, 5) is 31.1. The number of nitrogens with two attached hydrogens (primary N) is 1. The number of ether oxygens (including phenoxy) is 1. The minimum atomic E-state index is 0.0313. The van der Waals surface area contributed by atoms with E-state index in [1.54, 1.807) is 12.4 Å². The van der Waals surface area contributed by atoms with Gasteiger partial charge < -0.3 is 25.7 Å². The van der Waals surface area contributed by atoms with E-state index in [1.807, 2.05) is 18.3 Å². The number of rotatable bonds is 2. The third-order valence-corrected chi connectivity index (χ3v) is 6.48. The van der Waals surface area contributed by atoms with E-state index in [1.165, 1.54) is 0 Å².